The van der Waals surface area contributed by atoms with Crippen LogP contribution in [0.1, 0.15) is 22.4 Å². The number of methoxy groups -OCH3 is 3. The zero-order chi connectivity index (χ0) is 18.8. The van der Waals surface area contributed by atoms with Gasteiger partial charge in [-0.2, -0.15) is 5.10 Å². The molecule has 0 saturated carbocycles. The van der Waals surface area contributed by atoms with Crippen LogP contribution in [0.25, 0.3) is 10.2 Å². The summed E-state index contributed by atoms with van der Waals surface area (Å²) in [4.78, 5) is 11.2. The Bertz CT molecular complexity index is 991. The highest BCUT2D eigenvalue weighted by atomic mass is 32.1. The van der Waals surface area contributed by atoms with E-state index in [0.717, 1.165) is 28.9 Å². The van der Waals surface area contributed by atoms with Gasteiger partial charge < -0.3 is 14.2 Å². The van der Waals surface area contributed by atoms with Gasteiger partial charge in [-0.15, -0.1) is 11.3 Å². The Kier molecular flexibility index (Phi) is 4.81. The number of hydrazone groups is 1. The molecule has 0 spiro atoms. The fourth-order valence-electron chi connectivity index (χ4n) is 3.33. The van der Waals surface area contributed by atoms with Crippen molar-refractivity contribution in [3.8, 4) is 17.2 Å². The molecule has 0 saturated heterocycles. The molecule has 1 aromatic carbocycles. The SMILES string of the molecule is COc1cc(OC)c(/C=N\Nc2ncnc3sc4c(c23)CCC4)c(OC)c1. The highest BCUT2D eigenvalue weighted by Crippen LogP contribution is 2.39. The third-order valence-electron chi connectivity index (χ3n) is 4.62. The molecule has 0 unspecified atom stereocenters. The number of rotatable bonds is 6. The molecule has 2 heterocycles. The second-order valence-corrected chi connectivity index (χ2v) is 7.16. The molecule has 2 aromatic heterocycles. The van der Waals surface area contributed by atoms with Crippen LogP contribution in [0.3, 0.4) is 0 Å². The summed E-state index contributed by atoms with van der Waals surface area (Å²) >= 11 is 1.75. The average molecular weight is 384 g/mol. The maximum Gasteiger partial charge on any atom is 0.158 e. The lowest BCUT2D eigenvalue weighted by molar-refractivity contribution is 0.374. The largest absolute Gasteiger partial charge is 0.496 e. The summed E-state index contributed by atoms with van der Waals surface area (Å²) in [6.07, 6.45) is 6.62. The van der Waals surface area contributed by atoms with Crippen LogP contribution in [0.4, 0.5) is 5.82 Å². The van der Waals surface area contributed by atoms with E-state index in [4.69, 9.17) is 14.2 Å². The highest BCUT2D eigenvalue weighted by Gasteiger charge is 2.21. The number of nitrogens with zero attached hydrogens (tertiary/aromatic N) is 3. The van der Waals surface area contributed by atoms with E-state index in [1.54, 1.807) is 57.3 Å². The predicted molar refractivity (Wildman–Crippen MR) is 107 cm³/mol. The third kappa shape index (κ3) is 3.16. The molecule has 0 bridgehead atoms. The van der Waals surface area contributed by atoms with Crippen LogP contribution in [0.5, 0.6) is 17.2 Å². The topological polar surface area (TPSA) is 77.9 Å². The summed E-state index contributed by atoms with van der Waals surface area (Å²) in [7, 11) is 4.80. The van der Waals surface area contributed by atoms with E-state index in [0.29, 0.717) is 22.8 Å². The van der Waals surface area contributed by atoms with Gasteiger partial charge in [-0.25, -0.2) is 9.97 Å². The molecule has 0 aliphatic heterocycles. The lowest BCUT2D eigenvalue weighted by Gasteiger charge is -2.12. The van der Waals surface area contributed by atoms with Gasteiger partial charge in [0.15, 0.2) is 5.82 Å². The van der Waals surface area contributed by atoms with Crippen molar-refractivity contribution >= 4 is 33.6 Å². The molecule has 1 N–H and O–H groups in total. The highest BCUT2D eigenvalue weighted by molar-refractivity contribution is 7.19. The Balaban J connectivity index is 1.67. The summed E-state index contributed by atoms with van der Waals surface area (Å²) in [5.74, 6) is 2.60. The monoisotopic (exact) mass is 384 g/mol. The smallest absolute Gasteiger partial charge is 0.158 e. The van der Waals surface area contributed by atoms with Crippen molar-refractivity contribution in [1.29, 1.82) is 0 Å². The molecule has 0 amide bonds. The van der Waals surface area contributed by atoms with Crippen LogP contribution in [0.2, 0.25) is 0 Å². The fraction of sp³-hybridized carbons (Fsp3) is 0.316. The second-order valence-electron chi connectivity index (χ2n) is 6.08. The number of nitrogens with one attached hydrogen (secondary N) is 1. The molecule has 1 aliphatic carbocycles. The van der Waals surface area contributed by atoms with Gasteiger partial charge in [0, 0.05) is 17.0 Å². The van der Waals surface area contributed by atoms with Gasteiger partial charge in [0.2, 0.25) is 0 Å². The molecule has 4 rings (SSSR count). The van der Waals surface area contributed by atoms with E-state index in [-0.39, 0.29) is 0 Å². The van der Waals surface area contributed by atoms with E-state index in [9.17, 15) is 0 Å². The van der Waals surface area contributed by atoms with Crippen molar-refractivity contribution in [2.24, 2.45) is 5.10 Å². The van der Waals surface area contributed by atoms with Gasteiger partial charge in [0.1, 0.15) is 28.4 Å². The van der Waals surface area contributed by atoms with Gasteiger partial charge in [-0.05, 0) is 24.8 Å². The molecule has 7 nitrogen and oxygen atoms in total. The first-order chi connectivity index (χ1) is 13.2. The van der Waals surface area contributed by atoms with Gasteiger partial charge in [0.25, 0.3) is 0 Å². The van der Waals surface area contributed by atoms with E-state index in [1.807, 2.05) is 0 Å². The molecular formula is C19H20N4O3S. The van der Waals surface area contributed by atoms with Gasteiger partial charge in [-0.1, -0.05) is 0 Å². The van der Waals surface area contributed by atoms with Crippen molar-refractivity contribution in [2.75, 3.05) is 26.8 Å². The molecule has 0 fully saturated rings. The fourth-order valence-corrected chi connectivity index (χ4v) is 4.56. The van der Waals surface area contributed by atoms with Crippen LogP contribution >= 0.6 is 11.3 Å². The van der Waals surface area contributed by atoms with Crippen LogP contribution < -0.4 is 19.6 Å². The minimum Gasteiger partial charge on any atom is -0.496 e. The van der Waals surface area contributed by atoms with Gasteiger partial charge in [0.05, 0.1) is 38.5 Å². The number of anilines is 1. The number of aromatic nitrogens is 2. The summed E-state index contributed by atoms with van der Waals surface area (Å²) in [5.41, 5.74) is 5.14. The Hall–Kier alpha value is -2.87. The van der Waals surface area contributed by atoms with E-state index in [2.05, 4.69) is 20.5 Å². The zero-order valence-electron chi connectivity index (χ0n) is 15.4. The Morgan fingerprint density at radius 3 is 2.56 bits per heavy atom. The zero-order valence-corrected chi connectivity index (χ0v) is 16.2. The molecule has 8 heteroatoms. The second kappa shape index (κ2) is 7.40. The first-order valence-electron chi connectivity index (χ1n) is 8.59. The van der Waals surface area contributed by atoms with Gasteiger partial charge >= 0.3 is 0 Å². The van der Waals surface area contributed by atoms with Crippen molar-refractivity contribution in [2.45, 2.75) is 19.3 Å². The molecule has 27 heavy (non-hydrogen) atoms. The standard InChI is InChI=1S/C19H20N4O3S/c1-24-11-7-14(25-2)13(15(8-11)26-3)9-22-23-18-17-12-5-4-6-16(12)27-19(17)21-10-20-18/h7-10H,4-6H2,1-3H3,(H,20,21,23)/b22-9-. The van der Waals surface area contributed by atoms with Crippen molar-refractivity contribution in [3.63, 3.8) is 0 Å². The van der Waals surface area contributed by atoms with Crippen molar-refractivity contribution < 1.29 is 14.2 Å². The number of hydrogen-bond acceptors (Lipinski definition) is 8. The maximum absolute atomic E-state index is 5.45. The lowest BCUT2D eigenvalue weighted by Crippen LogP contribution is -2.00. The number of thiophene rings is 1. The van der Waals surface area contributed by atoms with Gasteiger partial charge in [-0.3, -0.25) is 5.43 Å². The van der Waals surface area contributed by atoms with E-state index >= 15 is 0 Å². The normalized spacial score (nSPS) is 13.1. The van der Waals surface area contributed by atoms with Crippen LogP contribution in [0.15, 0.2) is 23.6 Å². The Morgan fingerprint density at radius 2 is 1.85 bits per heavy atom. The summed E-state index contributed by atoms with van der Waals surface area (Å²) in [5, 5.41) is 5.46. The van der Waals surface area contributed by atoms with Crippen LogP contribution in [-0.4, -0.2) is 37.5 Å². The van der Waals surface area contributed by atoms with Crippen molar-refractivity contribution in [1.82, 2.24) is 9.97 Å². The summed E-state index contributed by atoms with van der Waals surface area (Å²) in [6, 6.07) is 3.58. The molecule has 140 valence electrons. The first kappa shape index (κ1) is 17.5. The number of aryl methyl sites for hydroxylation is 2. The Morgan fingerprint density at radius 1 is 1.07 bits per heavy atom. The van der Waals surface area contributed by atoms with E-state index in [1.165, 1.54) is 16.9 Å². The molecule has 1 aliphatic rings. The predicted octanol–water partition coefficient (Wildman–Crippen LogP) is 3.65. The van der Waals surface area contributed by atoms with E-state index < -0.39 is 0 Å². The molecule has 3 aromatic rings. The first-order valence-corrected chi connectivity index (χ1v) is 9.41. The number of benzene rings is 1. The van der Waals surface area contributed by atoms with Crippen LogP contribution in [0, 0.1) is 0 Å². The molecule has 0 atom stereocenters. The van der Waals surface area contributed by atoms with Crippen molar-refractivity contribution in [3.05, 3.63) is 34.5 Å². The number of ether oxygens (including phenoxy) is 3. The minimum absolute atomic E-state index is 0.612. The molecule has 0 radical (unpaired) electrons. The Labute approximate surface area is 161 Å². The maximum atomic E-state index is 5.45. The minimum atomic E-state index is 0.612. The number of fused-ring (bicyclic) bond motifs is 3. The number of hydrogen-bond donors (Lipinski definition) is 1. The third-order valence-corrected chi connectivity index (χ3v) is 5.82. The quantitative estimate of drug-likeness (QED) is 0.516. The lowest BCUT2D eigenvalue weighted by atomic mass is 10.2. The molecular weight excluding hydrogens is 364 g/mol. The summed E-state index contributed by atoms with van der Waals surface area (Å²) < 4.78 is 16.2. The summed E-state index contributed by atoms with van der Waals surface area (Å²) in [6.45, 7) is 0. The van der Waals surface area contributed by atoms with Crippen LogP contribution in [-0.2, 0) is 12.8 Å². The average Bonchev–Trinajstić information content (AvgIpc) is 3.29.